The molecular formula is C13H14O4. The van der Waals surface area contributed by atoms with Crippen LogP contribution in [-0.2, 0) is 9.53 Å². The molecule has 0 saturated carbocycles. The molecule has 4 heteroatoms. The van der Waals surface area contributed by atoms with E-state index in [4.69, 9.17) is 4.74 Å². The number of aromatic hydroxyl groups is 1. The molecule has 1 N–H and O–H groups in total. The molecule has 17 heavy (non-hydrogen) atoms. The summed E-state index contributed by atoms with van der Waals surface area (Å²) in [5.41, 5.74) is 0.527. The van der Waals surface area contributed by atoms with Crippen molar-refractivity contribution in [2.75, 3.05) is 6.61 Å². The Balaban J connectivity index is 2.49. The van der Waals surface area contributed by atoms with Crippen LogP contribution in [0.1, 0.15) is 23.7 Å². The quantitative estimate of drug-likeness (QED) is 0.481. The van der Waals surface area contributed by atoms with Crippen molar-refractivity contribution in [3.8, 4) is 5.75 Å². The van der Waals surface area contributed by atoms with Gasteiger partial charge in [0.25, 0.3) is 0 Å². The molecule has 0 aliphatic carbocycles. The van der Waals surface area contributed by atoms with Gasteiger partial charge >= 0.3 is 5.97 Å². The number of ether oxygens (including phenoxy) is 1. The summed E-state index contributed by atoms with van der Waals surface area (Å²) in [7, 11) is 0. The number of hydrogen-bond donors (Lipinski definition) is 1. The molecule has 0 fully saturated rings. The van der Waals surface area contributed by atoms with Gasteiger partial charge in [-0.1, -0.05) is 18.7 Å². The number of hydrogen-bond acceptors (Lipinski definition) is 4. The summed E-state index contributed by atoms with van der Waals surface area (Å²) in [5.74, 6) is -0.851. The van der Waals surface area contributed by atoms with Gasteiger partial charge in [-0.3, -0.25) is 4.79 Å². The van der Waals surface area contributed by atoms with Crippen LogP contribution in [0.3, 0.4) is 0 Å². The summed E-state index contributed by atoms with van der Waals surface area (Å²) in [4.78, 5) is 22.7. The Bertz CT molecular complexity index is 448. The smallest absolute Gasteiger partial charge is 0.333 e. The molecular weight excluding hydrogens is 220 g/mol. The summed E-state index contributed by atoms with van der Waals surface area (Å²) in [5, 5.41) is 9.43. The molecule has 90 valence electrons. The minimum Gasteiger partial charge on any atom is -0.507 e. The fourth-order valence-electron chi connectivity index (χ4n) is 1.20. The lowest BCUT2D eigenvalue weighted by Gasteiger charge is -2.05. The van der Waals surface area contributed by atoms with Gasteiger partial charge in [0.2, 0.25) is 0 Å². The Hall–Kier alpha value is -2.10. The maximum Gasteiger partial charge on any atom is 0.333 e. The molecule has 0 amide bonds. The Kier molecular flexibility index (Phi) is 4.46. The van der Waals surface area contributed by atoms with E-state index < -0.39 is 5.97 Å². The molecule has 1 aromatic rings. The number of carbonyl (C=O) groups excluding carboxylic acids is 2. The number of ketones is 1. The summed E-state index contributed by atoms with van der Waals surface area (Å²) in [6, 6.07) is 6.26. The van der Waals surface area contributed by atoms with Crippen molar-refractivity contribution in [2.45, 2.75) is 13.3 Å². The summed E-state index contributed by atoms with van der Waals surface area (Å²) >= 11 is 0. The second-order valence-electron chi connectivity index (χ2n) is 3.61. The number of rotatable bonds is 5. The molecule has 0 heterocycles. The fourth-order valence-corrected chi connectivity index (χ4v) is 1.20. The third-order valence-electron chi connectivity index (χ3n) is 2.12. The second kappa shape index (κ2) is 5.84. The topological polar surface area (TPSA) is 63.6 Å². The minimum absolute atomic E-state index is 0.0150. The Morgan fingerprint density at radius 1 is 1.35 bits per heavy atom. The lowest BCUT2D eigenvalue weighted by molar-refractivity contribution is -0.138. The highest BCUT2D eigenvalue weighted by Gasteiger charge is 2.11. The van der Waals surface area contributed by atoms with Gasteiger partial charge in [-0.05, 0) is 19.1 Å². The molecule has 4 nitrogen and oxygen atoms in total. The van der Waals surface area contributed by atoms with Gasteiger partial charge in [0.1, 0.15) is 5.75 Å². The highest BCUT2D eigenvalue weighted by atomic mass is 16.5. The van der Waals surface area contributed by atoms with E-state index in [1.807, 2.05) is 0 Å². The van der Waals surface area contributed by atoms with E-state index in [-0.39, 0.29) is 30.1 Å². The first-order valence-electron chi connectivity index (χ1n) is 5.16. The van der Waals surface area contributed by atoms with Crippen molar-refractivity contribution >= 4 is 11.8 Å². The number of carbonyl (C=O) groups is 2. The fraction of sp³-hybridized carbons (Fsp3) is 0.231. The number of phenolic OH excluding ortho intramolecular Hbond substituents is 1. The number of Topliss-reactive ketones (excluding diaryl/α,β-unsaturated/α-hetero) is 1. The van der Waals surface area contributed by atoms with Crippen LogP contribution in [0.4, 0.5) is 0 Å². The van der Waals surface area contributed by atoms with E-state index in [1.165, 1.54) is 19.1 Å². The number of benzene rings is 1. The summed E-state index contributed by atoms with van der Waals surface area (Å²) in [6.45, 7) is 4.95. The average molecular weight is 234 g/mol. The van der Waals surface area contributed by atoms with Gasteiger partial charge < -0.3 is 9.84 Å². The highest BCUT2D eigenvalue weighted by molar-refractivity contribution is 5.98. The van der Waals surface area contributed by atoms with Crippen LogP contribution in [-0.4, -0.2) is 23.5 Å². The summed E-state index contributed by atoms with van der Waals surface area (Å²) in [6.07, 6.45) is 0.0383. The van der Waals surface area contributed by atoms with Gasteiger partial charge in [0.05, 0.1) is 12.2 Å². The minimum atomic E-state index is -0.518. The molecule has 0 unspecified atom stereocenters. The average Bonchev–Trinajstić information content (AvgIpc) is 2.29. The van der Waals surface area contributed by atoms with E-state index in [0.717, 1.165) is 0 Å². The van der Waals surface area contributed by atoms with Gasteiger partial charge in [-0.15, -0.1) is 0 Å². The zero-order valence-corrected chi connectivity index (χ0v) is 9.60. The maximum atomic E-state index is 11.6. The predicted octanol–water partition coefficient (Wildman–Crippen LogP) is 2.08. The van der Waals surface area contributed by atoms with Crippen LogP contribution in [0, 0.1) is 0 Å². The Morgan fingerprint density at radius 2 is 2.00 bits per heavy atom. The van der Waals surface area contributed by atoms with Crippen LogP contribution >= 0.6 is 0 Å². The maximum absolute atomic E-state index is 11.6. The van der Waals surface area contributed by atoms with Gasteiger partial charge in [0, 0.05) is 12.0 Å². The zero-order chi connectivity index (χ0) is 12.8. The second-order valence-corrected chi connectivity index (χ2v) is 3.61. The third-order valence-corrected chi connectivity index (χ3v) is 2.12. The third kappa shape index (κ3) is 3.75. The molecule has 1 aromatic carbocycles. The van der Waals surface area contributed by atoms with Crippen molar-refractivity contribution < 1.29 is 19.4 Å². The van der Waals surface area contributed by atoms with Crippen LogP contribution < -0.4 is 0 Å². The van der Waals surface area contributed by atoms with Crippen molar-refractivity contribution in [1.82, 2.24) is 0 Å². The molecule has 0 atom stereocenters. The van der Waals surface area contributed by atoms with E-state index in [2.05, 4.69) is 6.58 Å². The van der Waals surface area contributed by atoms with Crippen LogP contribution in [0.25, 0.3) is 0 Å². The van der Waals surface area contributed by atoms with Crippen molar-refractivity contribution in [2.24, 2.45) is 0 Å². The van der Waals surface area contributed by atoms with Gasteiger partial charge in [-0.25, -0.2) is 4.79 Å². The normalized spacial score (nSPS) is 9.71. The van der Waals surface area contributed by atoms with E-state index in [0.29, 0.717) is 5.57 Å². The highest BCUT2D eigenvalue weighted by Crippen LogP contribution is 2.17. The van der Waals surface area contributed by atoms with Gasteiger partial charge in [0.15, 0.2) is 5.78 Å². The van der Waals surface area contributed by atoms with Crippen LogP contribution in [0.15, 0.2) is 36.4 Å². The predicted molar refractivity (Wildman–Crippen MR) is 62.8 cm³/mol. The molecule has 0 bridgehead atoms. The standard InChI is InChI=1S/C13H14O4/c1-9(2)13(16)17-8-7-12(15)10-5-3-4-6-11(10)14/h3-6,14H,1,7-8H2,2H3. The molecule has 0 saturated heterocycles. The Labute approximate surface area is 99.5 Å². The van der Waals surface area contributed by atoms with Crippen molar-refractivity contribution in [3.63, 3.8) is 0 Å². The van der Waals surface area contributed by atoms with E-state index in [9.17, 15) is 14.7 Å². The molecule has 0 aliphatic heterocycles. The van der Waals surface area contributed by atoms with Crippen molar-refractivity contribution in [3.05, 3.63) is 42.0 Å². The number of esters is 1. The van der Waals surface area contributed by atoms with E-state index >= 15 is 0 Å². The van der Waals surface area contributed by atoms with Crippen molar-refractivity contribution in [1.29, 1.82) is 0 Å². The van der Waals surface area contributed by atoms with E-state index in [1.54, 1.807) is 12.1 Å². The number of para-hydroxylation sites is 1. The lowest BCUT2D eigenvalue weighted by Crippen LogP contribution is -2.10. The molecule has 0 radical (unpaired) electrons. The number of phenols is 1. The first kappa shape index (κ1) is 13.0. The monoisotopic (exact) mass is 234 g/mol. The summed E-state index contributed by atoms with van der Waals surface area (Å²) < 4.78 is 4.79. The molecule has 1 rings (SSSR count). The van der Waals surface area contributed by atoms with Crippen LogP contribution in [0.5, 0.6) is 5.75 Å². The Morgan fingerprint density at radius 3 is 2.59 bits per heavy atom. The van der Waals surface area contributed by atoms with Gasteiger partial charge in [-0.2, -0.15) is 0 Å². The largest absolute Gasteiger partial charge is 0.507 e. The lowest BCUT2D eigenvalue weighted by atomic mass is 10.1. The molecule has 0 aliphatic rings. The molecule has 0 aromatic heterocycles. The first-order valence-corrected chi connectivity index (χ1v) is 5.16. The molecule has 0 spiro atoms. The van der Waals surface area contributed by atoms with Crippen LogP contribution in [0.2, 0.25) is 0 Å². The zero-order valence-electron chi connectivity index (χ0n) is 9.60. The first-order chi connectivity index (χ1) is 8.02. The SMILES string of the molecule is C=C(C)C(=O)OCCC(=O)c1ccccc1O.